The van der Waals surface area contributed by atoms with Crippen LogP contribution in [0.25, 0.3) is 5.65 Å². The summed E-state index contributed by atoms with van der Waals surface area (Å²) in [5.74, 6) is 0.754. The number of carbonyl (C=O) groups is 1. The molecule has 27 heavy (non-hydrogen) atoms. The average Bonchev–Trinajstić information content (AvgIpc) is 3.11. The van der Waals surface area contributed by atoms with Crippen molar-refractivity contribution in [1.82, 2.24) is 19.5 Å². The molecule has 5 nitrogen and oxygen atoms in total. The summed E-state index contributed by atoms with van der Waals surface area (Å²) in [6.07, 6.45) is 6.13. The van der Waals surface area contributed by atoms with Gasteiger partial charge in [0.1, 0.15) is 5.56 Å². The smallest absolute Gasteiger partial charge is 0.259 e. The number of rotatable bonds is 4. The van der Waals surface area contributed by atoms with E-state index < -0.39 is 0 Å². The number of likely N-dealkylation sites (tertiary alicyclic amines) is 1. The highest BCUT2D eigenvalue weighted by molar-refractivity contribution is 5.99. The van der Waals surface area contributed by atoms with E-state index >= 15 is 0 Å². The fourth-order valence-electron chi connectivity index (χ4n) is 4.03. The molecule has 0 unspecified atom stereocenters. The third-order valence-electron chi connectivity index (χ3n) is 5.59. The quantitative estimate of drug-likeness (QED) is 0.709. The first kappa shape index (κ1) is 17.7. The lowest BCUT2D eigenvalue weighted by atomic mass is 9.90. The first-order chi connectivity index (χ1) is 13.1. The molecule has 5 heteroatoms. The van der Waals surface area contributed by atoms with Gasteiger partial charge in [0.05, 0.1) is 6.20 Å². The summed E-state index contributed by atoms with van der Waals surface area (Å²) in [6, 6.07) is 12.6. The predicted octanol–water partition coefficient (Wildman–Crippen LogP) is 3.83. The third kappa shape index (κ3) is 3.72. The van der Waals surface area contributed by atoms with Gasteiger partial charge in [-0.25, -0.2) is 9.50 Å². The van der Waals surface area contributed by atoms with Crippen molar-refractivity contribution >= 4 is 11.6 Å². The monoisotopic (exact) mass is 362 g/mol. The Labute approximate surface area is 160 Å². The Hall–Kier alpha value is -2.69. The number of aromatic nitrogens is 3. The molecule has 3 heterocycles. The molecule has 1 aliphatic heterocycles. The zero-order valence-electron chi connectivity index (χ0n) is 16.1. The predicted molar refractivity (Wildman–Crippen MR) is 106 cm³/mol. The SMILES string of the molecule is Cc1cc(C)n2ncc(C(=O)N3CCC(CCc4ccccc4)CC3)c2n1. The summed E-state index contributed by atoms with van der Waals surface area (Å²) in [7, 11) is 0. The molecule has 0 saturated carbocycles. The third-order valence-corrected chi connectivity index (χ3v) is 5.59. The average molecular weight is 362 g/mol. The number of fused-ring (bicyclic) bond motifs is 1. The van der Waals surface area contributed by atoms with Crippen molar-refractivity contribution in [2.75, 3.05) is 13.1 Å². The minimum absolute atomic E-state index is 0.0593. The van der Waals surface area contributed by atoms with E-state index in [2.05, 4.69) is 40.4 Å². The normalized spacial score (nSPS) is 15.4. The van der Waals surface area contributed by atoms with Crippen LogP contribution in [0.5, 0.6) is 0 Å². The summed E-state index contributed by atoms with van der Waals surface area (Å²) >= 11 is 0. The standard InChI is InChI=1S/C22H26N4O/c1-16-14-17(2)26-21(24-16)20(15-23-26)22(27)25-12-10-19(11-13-25)9-8-18-6-4-3-5-7-18/h3-7,14-15,19H,8-13H2,1-2H3. The van der Waals surface area contributed by atoms with Gasteiger partial charge in [0.2, 0.25) is 0 Å². The van der Waals surface area contributed by atoms with Gasteiger partial charge in [-0.2, -0.15) is 5.10 Å². The minimum Gasteiger partial charge on any atom is -0.338 e. The lowest BCUT2D eigenvalue weighted by Crippen LogP contribution is -2.38. The van der Waals surface area contributed by atoms with Gasteiger partial charge in [-0.3, -0.25) is 4.79 Å². The first-order valence-corrected chi connectivity index (χ1v) is 9.77. The first-order valence-electron chi connectivity index (χ1n) is 9.77. The zero-order valence-corrected chi connectivity index (χ0v) is 16.1. The van der Waals surface area contributed by atoms with E-state index in [-0.39, 0.29) is 5.91 Å². The fourth-order valence-corrected chi connectivity index (χ4v) is 4.03. The number of amides is 1. The van der Waals surface area contributed by atoms with Crippen LogP contribution >= 0.6 is 0 Å². The van der Waals surface area contributed by atoms with Crippen molar-refractivity contribution in [3.63, 3.8) is 0 Å². The second-order valence-corrected chi connectivity index (χ2v) is 7.59. The lowest BCUT2D eigenvalue weighted by Gasteiger charge is -2.32. The van der Waals surface area contributed by atoms with Gasteiger partial charge < -0.3 is 4.90 Å². The second kappa shape index (κ2) is 7.51. The van der Waals surface area contributed by atoms with E-state index in [1.807, 2.05) is 24.8 Å². The number of benzene rings is 1. The van der Waals surface area contributed by atoms with Crippen molar-refractivity contribution in [3.05, 3.63) is 65.1 Å². The van der Waals surface area contributed by atoms with Crippen LogP contribution in [-0.4, -0.2) is 38.5 Å². The minimum atomic E-state index is 0.0593. The molecule has 0 radical (unpaired) electrons. The number of hydrogen-bond acceptors (Lipinski definition) is 3. The van der Waals surface area contributed by atoms with E-state index in [1.165, 1.54) is 12.0 Å². The maximum absolute atomic E-state index is 13.0. The van der Waals surface area contributed by atoms with E-state index in [4.69, 9.17) is 0 Å². The molecule has 4 rings (SSSR count). The number of carbonyl (C=O) groups excluding carboxylic acids is 1. The van der Waals surface area contributed by atoms with E-state index in [0.717, 1.165) is 43.7 Å². The molecule has 2 aromatic heterocycles. The summed E-state index contributed by atoms with van der Waals surface area (Å²) in [5, 5.41) is 4.36. The van der Waals surface area contributed by atoms with Gasteiger partial charge >= 0.3 is 0 Å². The van der Waals surface area contributed by atoms with Gasteiger partial charge in [0.15, 0.2) is 5.65 Å². The van der Waals surface area contributed by atoms with Gasteiger partial charge in [-0.1, -0.05) is 30.3 Å². The molecule has 0 spiro atoms. The summed E-state index contributed by atoms with van der Waals surface area (Å²) in [6.45, 7) is 5.58. The molecule has 1 saturated heterocycles. The topological polar surface area (TPSA) is 50.5 Å². The maximum Gasteiger partial charge on any atom is 0.259 e. The fraction of sp³-hybridized carbons (Fsp3) is 0.409. The van der Waals surface area contributed by atoms with Crippen LogP contribution in [0.15, 0.2) is 42.6 Å². The summed E-state index contributed by atoms with van der Waals surface area (Å²) in [5.41, 5.74) is 4.60. The van der Waals surface area contributed by atoms with Crippen LogP contribution in [0.2, 0.25) is 0 Å². The van der Waals surface area contributed by atoms with Crippen molar-refractivity contribution < 1.29 is 4.79 Å². The molecule has 140 valence electrons. The molecular formula is C22H26N4O. The highest BCUT2D eigenvalue weighted by atomic mass is 16.2. The summed E-state index contributed by atoms with van der Waals surface area (Å²) in [4.78, 5) is 19.5. The van der Waals surface area contributed by atoms with Crippen molar-refractivity contribution in [2.45, 2.75) is 39.5 Å². The molecular weight excluding hydrogens is 336 g/mol. The Morgan fingerprint density at radius 3 is 2.63 bits per heavy atom. The Balaban J connectivity index is 1.39. The highest BCUT2D eigenvalue weighted by Gasteiger charge is 2.26. The Kier molecular flexibility index (Phi) is 4.92. The molecule has 1 aromatic carbocycles. The maximum atomic E-state index is 13.0. The van der Waals surface area contributed by atoms with Gasteiger partial charge in [-0.05, 0) is 57.1 Å². The van der Waals surface area contributed by atoms with E-state index in [1.54, 1.807) is 10.7 Å². The largest absolute Gasteiger partial charge is 0.338 e. The summed E-state index contributed by atoms with van der Waals surface area (Å²) < 4.78 is 1.76. The highest BCUT2D eigenvalue weighted by Crippen LogP contribution is 2.24. The molecule has 1 fully saturated rings. The van der Waals surface area contributed by atoms with Crippen LogP contribution in [-0.2, 0) is 6.42 Å². The van der Waals surface area contributed by atoms with Crippen LogP contribution in [0.1, 0.15) is 46.6 Å². The van der Waals surface area contributed by atoms with Gasteiger partial charge in [0, 0.05) is 24.5 Å². The van der Waals surface area contributed by atoms with Crippen LogP contribution in [0.3, 0.4) is 0 Å². The van der Waals surface area contributed by atoms with Crippen molar-refractivity contribution in [3.8, 4) is 0 Å². The van der Waals surface area contributed by atoms with Crippen molar-refractivity contribution in [1.29, 1.82) is 0 Å². The van der Waals surface area contributed by atoms with Crippen molar-refractivity contribution in [2.24, 2.45) is 5.92 Å². The van der Waals surface area contributed by atoms with E-state index in [9.17, 15) is 4.79 Å². The number of aryl methyl sites for hydroxylation is 3. The number of hydrogen-bond donors (Lipinski definition) is 0. The van der Waals surface area contributed by atoms with E-state index in [0.29, 0.717) is 17.1 Å². The van der Waals surface area contributed by atoms with Gasteiger partial charge in [-0.15, -0.1) is 0 Å². The Bertz CT molecular complexity index is 940. The Morgan fingerprint density at radius 1 is 1.15 bits per heavy atom. The van der Waals surface area contributed by atoms with Gasteiger partial charge in [0.25, 0.3) is 5.91 Å². The molecule has 3 aromatic rings. The number of piperidine rings is 1. The van der Waals surface area contributed by atoms with Crippen LogP contribution < -0.4 is 0 Å². The molecule has 1 aliphatic rings. The Morgan fingerprint density at radius 2 is 1.89 bits per heavy atom. The zero-order chi connectivity index (χ0) is 18.8. The lowest BCUT2D eigenvalue weighted by molar-refractivity contribution is 0.0688. The number of nitrogens with zero attached hydrogens (tertiary/aromatic N) is 4. The molecule has 0 bridgehead atoms. The van der Waals surface area contributed by atoms with Crippen LogP contribution in [0.4, 0.5) is 0 Å². The molecule has 1 amide bonds. The molecule has 0 aliphatic carbocycles. The second-order valence-electron chi connectivity index (χ2n) is 7.59. The molecule has 0 N–H and O–H groups in total. The van der Waals surface area contributed by atoms with Crippen LogP contribution in [0, 0.1) is 19.8 Å². The molecule has 0 atom stereocenters.